The quantitative estimate of drug-likeness (QED) is 0.0239. The van der Waals surface area contributed by atoms with Gasteiger partial charge in [-0.25, -0.2) is 4.57 Å². The summed E-state index contributed by atoms with van der Waals surface area (Å²) in [6, 6.07) is 0. The van der Waals surface area contributed by atoms with Crippen molar-refractivity contribution in [3.63, 3.8) is 0 Å². The van der Waals surface area contributed by atoms with Crippen molar-refractivity contribution in [3.05, 3.63) is 0 Å². The predicted molar refractivity (Wildman–Crippen MR) is 243 cm³/mol. The van der Waals surface area contributed by atoms with Crippen molar-refractivity contribution in [2.45, 2.75) is 257 Å². The minimum atomic E-state index is -4.95. The number of rotatable bonds is 46. The third-order valence-corrected chi connectivity index (χ3v) is 12.8. The number of aliphatic hydroxyl groups excluding tert-OH is 2. The number of ketones is 2. The van der Waals surface area contributed by atoms with Gasteiger partial charge in [0.2, 0.25) is 5.60 Å². The number of likely N-dealkylation sites (N-methyl/N-ethyl adjacent to an activating group) is 1. The number of carbonyl (C=O) groups excluding carboxylic acids is 2. The van der Waals surface area contributed by atoms with Gasteiger partial charge in [0, 0.05) is 12.8 Å². The summed E-state index contributed by atoms with van der Waals surface area (Å²) in [6.07, 6.45) is 38.5. The molecule has 10 heteroatoms. The molecule has 9 nitrogen and oxygen atoms in total. The SMILES string of the molecule is CCCCCCCCCCCCCCCCCCCC(=O)C(OP(=O)(O)OCC[N+](C)(C)C)(C(=O)CCCCCCCCCCCCCCCCCCC)[C@@H](O)CO. The second-order valence-corrected chi connectivity index (χ2v) is 19.9. The van der Waals surface area contributed by atoms with Crippen LogP contribution in [0.3, 0.4) is 0 Å². The fourth-order valence-electron chi connectivity index (χ4n) is 7.85. The van der Waals surface area contributed by atoms with E-state index in [0.29, 0.717) is 23.9 Å². The fraction of sp³-hybridized carbons (Fsp3) is 0.958. The van der Waals surface area contributed by atoms with Gasteiger partial charge in [-0.2, -0.15) is 0 Å². The maximum absolute atomic E-state index is 13.9. The Bertz CT molecular complexity index is 953. The lowest BCUT2D eigenvalue weighted by molar-refractivity contribution is -0.870. The molecule has 0 aromatic carbocycles. The fourth-order valence-corrected chi connectivity index (χ4v) is 8.90. The summed E-state index contributed by atoms with van der Waals surface area (Å²) in [6.45, 7) is 3.79. The first-order chi connectivity index (χ1) is 27.9. The third kappa shape index (κ3) is 32.1. The van der Waals surface area contributed by atoms with E-state index in [1.54, 1.807) is 0 Å². The van der Waals surface area contributed by atoms with E-state index < -0.39 is 37.7 Å². The molecule has 0 rings (SSSR count). The van der Waals surface area contributed by atoms with Crippen molar-refractivity contribution in [1.82, 2.24) is 0 Å². The molecular formula is C48H97NO8P+. The number of aliphatic hydroxyl groups is 2. The van der Waals surface area contributed by atoms with Gasteiger partial charge in [-0.3, -0.25) is 18.6 Å². The van der Waals surface area contributed by atoms with Gasteiger partial charge < -0.3 is 19.6 Å². The van der Waals surface area contributed by atoms with Crippen molar-refractivity contribution in [3.8, 4) is 0 Å². The number of hydrogen-bond acceptors (Lipinski definition) is 7. The number of hydrogen-bond donors (Lipinski definition) is 3. The first kappa shape index (κ1) is 57.3. The summed E-state index contributed by atoms with van der Waals surface area (Å²) < 4.78 is 24.3. The number of Topliss-reactive ketones (excluding diaryl/α,β-unsaturated/α-hetero) is 2. The van der Waals surface area contributed by atoms with Crippen LogP contribution in [0.2, 0.25) is 0 Å². The molecule has 0 aliphatic heterocycles. The highest BCUT2D eigenvalue weighted by Gasteiger charge is 2.55. The molecule has 58 heavy (non-hydrogen) atoms. The van der Waals surface area contributed by atoms with Crippen LogP contribution in [-0.4, -0.2) is 83.8 Å². The Morgan fingerprint density at radius 1 is 0.517 bits per heavy atom. The van der Waals surface area contributed by atoms with Crippen LogP contribution in [-0.2, 0) is 23.2 Å². The third-order valence-electron chi connectivity index (χ3n) is 11.8. The van der Waals surface area contributed by atoms with Crippen LogP contribution in [0.4, 0.5) is 0 Å². The zero-order chi connectivity index (χ0) is 43.2. The molecule has 0 saturated heterocycles. The van der Waals surface area contributed by atoms with Gasteiger partial charge in [-0.1, -0.05) is 219 Å². The monoisotopic (exact) mass is 847 g/mol. The van der Waals surface area contributed by atoms with E-state index in [4.69, 9.17) is 9.05 Å². The maximum atomic E-state index is 13.9. The molecule has 0 saturated carbocycles. The minimum absolute atomic E-state index is 0.0979. The molecule has 3 N–H and O–H groups in total. The lowest BCUT2D eigenvalue weighted by atomic mass is 9.82. The average Bonchev–Trinajstić information content (AvgIpc) is 3.18. The van der Waals surface area contributed by atoms with E-state index >= 15 is 0 Å². The normalized spacial score (nSPS) is 13.9. The zero-order valence-corrected chi connectivity index (χ0v) is 39.8. The number of nitrogens with zero attached hydrogens (tertiary/aromatic N) is 1. The van der Waals surface area contributed by atoms with E-state index in [2.05, 4.69) is 13.8 Å². The molecule has 0 bridgehead atoms. The molecule has 0 radical (unpaired) electrons. The topological polar surface area (TPSA) is 130 Å². The maximum Gasteiger partial charge on any atom is 0.473 e. The van der Waals surface area contributed by atoms with Crippen LogP contribution in [0.5, 0.6) is 0 Å². The number of unbranched alkanes of at least 4 members (excludes halogenated alkanes) is 32. The Balaban J connectivity index is 4.79. The number of phosphoric acid groups is 1. The van der Waals surface area contributed by atoms with Crippen LogP contribution in [0.25, 0.3) is 0 Å². The summed E-state index contributed by atoms with van der Waals surface area (Å²) in [7, 11) is 0.747. The molecule has 0 aromatic rings. The Labute approximate surface area is 358 Å². The Morgan fingerprint density at radius 3 is 1.02 bits per heavy atom. The van der Waals surface area contributed by atoms with E-state index in [1.807, 2.05) is 21.1 Å². The Kier molecular flexibility index (Phi) is 37.6. The molecule has 0 amide bonds. The van der Waals surface area contributed by atoms with Crippen molar-refractivity contribution in [1.29, 1.82) is 0 Å². The molecule has 0 spiro atoms. The van der Waals surface area contributed by atoms with E-state index in [9.17, 15) is 29.3 Å². The zero-order valence-electron chi connectivity index (χ0n) is 38.9. The number of carbonyl (C=O) groups is 2. The van der Waals surface area contributed by atoms with Gasteiger partial charge >= 0.3 is 7.82 Å². The minimum Gasteiger partial charge on any atom is -0.394 e. The largest absolute Gasteiger partial charge is 0.473 e. The molecular weight excluding hydrogens is 750 g/mol. The van der Waals surface area contributed by atoms with Gasteiger partial charge in [0.05, 0.1) is 27.7 Å². The van der Waals surface area contributed by atoms with Gasteiger partial charge in [-0.05, 0) is 12.8 Å². The van der Waals surface area contributed by atoms with Gasteiger partial charge in [-0.15, -0.1) is 0 Å². The van der Waals surface area contributed by atoms with Crippen molar-refractivity contribution >= 4 is 19.4 Å². The molecule has 0 aromatic heterocycles. The molecule has 0 aliphatic rings. The van der Waals surface area contributed by atoms with Crippen molar-refractivity contribution in [2.24, 2.45) is 0 Å². The van der Waals surface area contributed by atoms with Crippen LogP contribution in [0, 0.1) is 0 Å². The predicted octanol–water partition coefficient (Wildman–Crippen LogP) is 13.1. The highest BCUT2D eigenvalue weighted by Crippen LogP contribution is 2.49. The first-order valence-corrected chi connectivity index (χ1v) is 26.2. The average molecular weight is 847 g/mol. The highest BCUT2D eigenvalue weighted by atomic mass is 31.2. The molecule has 2 atom stereocenters. The molecule has 346 valence electrons. The van der Waals surface area contributed by atoms with E-state index in [-0.39, 0.29) is 19.4 Å². The van der Waals surface area contributed by atoms with Gasteiger partial charge in [0.15, 0.2) is 11.6 Å². The lowest BCUT2D eigenvalue weighted by Gasteiger charge is -2.35. The first-order valence-electron chi connectivity index (χ1n) is 24.7. The highest BCUT2D eigenvalue weighted by molar-refractivity contribution is 7.47. The summed E-state index contributed by atoms with van der Waals surface area (Å²) in [5, 5.41) is 21.0. The van der Waals surface area contributed by atoms with Crippen LogP contribution >= 0.6 is 7.82 Å². The number of phosphoric ester groups is 1. The van der Waals surface area contributed by atoms with E-state index in [0.717, 1.165) is 51.4 Å². The smallest absolute Gasteiger partial charge is 0.394 e. The molecule has 0 fully saturated rings. The molecule has 0 aliphatic carbocycles. The lowest BCUT2D eigenvalue weighted by Crippen LogP contribution is -2.58. The molecule has 1 unspecified atom stereocenters. The van der Waals surface area contributed by atoms with Gasteiger partial charge in [0.25, 0.3) is 0 Å². The number of quaternary nitrogens is 1. The summed E-state index contributed by atoms with van der Waals surface area (Å²) >= 11 is 0. The van der Waals surface area contributed by atoms with Crippen LogP contribution in [0.15, 0.2) is 0 Å². The van der Waals surface area contributed by atoms with Crippen LogP contribution in [0.1, 0.15) is 245 Å². The second kappa shape index (κ2) is 38.0. The Morgan fingerprint density at radius 2 is 0.776 bits per heavy atom. The van der Waals surface area contributed by atoms with E-state index in [1.165, 1.54) is 154 Å². The van der Waals surface area contributed by atoms with Crippen molar-refractivity contribution < 1.29 is 42.8 Å². The summed E-state index contributed by atoms with van der Waals surface area (Å²) in [4.78, 5) is 38.4. The summed E-state index contributed by atoms with van der Waals surface area (Å²) in [5.41, 5.74) is -2.65. The summed E-state index contributed by atoms with van der Waals surface area (Å²) in [5.74, 6) is -1.53. The molecule has 0 heterocycles. The second-order valence-electron chi connectivity index (χ2n) is 18.5. The van der Waals surface area contributed by atoms with Crippen LogP contribution < -0.4 is 0 Å². The standard InChI is InChI=1S/C48H96NO8P/c1-6-8-10-12-14-16-18-20-22-24-26-28-30-32-34-36-38-40-45(51)48(47(53)44-50,57-58(54,55)56-43-42-49(3,4)5)46(52)41-39-37-35-33-31-29-27-25-23-21-19-17-15-13-11-9-7-2/h47,50,53H,6-44H2,1-5H3/p+1/t47-/m0/s1. The Hall–Kier alpha value is -0.670. The van der Waals surface area contributed by atoms with Crippen molar-refractivity contribution in [2.75, 3.05) is 40.9 Å². The van der Waals surface area contributed by atoms with Gasteiger partial charge in [0.1, 0.15) is 19.3 Å².